The Labute approximate surface area is 184 Å². The number of benzene rings is 2. The molecule has 1 atom stereocenters. The number of H-pyrrole nitrogens is 1. The summed E-state index contributed by atoms with van der Waals surface area (Å²) >= 11 is 0. The van der Waals surface area contributed by atoms with Crippen molar-refractivity contribution in [1.82, 2.24) is 15.6 Å². The van der Waals surface area contributed by atoms with Gasteiger partial charge in [0.25, 0.3) is 5.91 Å². The second-order valence-corrected chi connectivity index (χ2v) is 7.40. The van der Waals surface area contributed by atoms with Crippen LogP contribution in [0.15, 0.2) is 48.7 Å². The van der Waals surface area contributed by atoms with Crippen molar-refractivity contribution in [1.29, 1.82) is 0 Å². The number of imide groups is 1. The molecule has 3 N–H and O–H groups in total. The number of urea groups is 1. The van der Waals surface area contributed by atoms with Crippen LogP contribution in [0.5, 0.6) is 11.5 Å². The molecule has 32 heavy (non-hydrogen) atoms. The fraction of sp³-hybridized carbons (Fsp3) is 0.261. The van der Waals surface area contributed by atoms with Crippen LogP contribution in [0, 0.1) is 0 Å². The van der Waals surface area contributed by atoms with Crippen molar-refractivity contribution in [3.63, 3.8) is 0 Å². The van der Waals surface area contributed by atoms with E-state index < -0.39 is 18.0 Å². The molecule has 0 spiro atoms. The Kier molecular flexibility index (Phi) is 5.98. The highest BCUT2D eigenvalue weighted by atomic mass is 16.5. The Bertz CT molecular complexity index is 1150. The average Bonchev–Trinajstić information content (AvgIpc) is 3.33. The minimum Gasteiger partial charge on any atom is -0.497 e. The SMILES string of the molecule is COc1ccc(N2C(=O)N[C@H](CC(=O)NCCc3c[nH]c4ccc(OC)cc34)C2=O)cc1. The first kappa shape index (κ1) is 21.2. The molecule has 4 rings (SSSR count). The molecule has 2 aromatic carbocycles. The Morgan fingerprint density at radius 3 is 2.50 bits per heavy atom. The van der Waals surface area contributed by atoms with Gasteiger partial charge >= 0.3 is 6.03 Å². The van der Waals surface area contributed by atoms with E-state index in [2.05, 4.69) is 15.6 Å². The molecule has 0 saturated carbocycles. The number of fused-ring (bicyclic) bond motifs is 1. The van der Waals surface area contributed by atoms with Crippen LogP contribution in [-0.2, 0) is 16.0 Å². The fourth-order valence-corrected chi connectivity index (χ4v) is 3.73. The lowest BCUT2D eigenvalue weighted by Crippen LogP contribution is -2.37. The highest BCUT2D eigenvalue weighted by Crippen LogP contribution is 2.25. The van der Waals surface area contributed by atoms with Gasteiger partial charge in [0, 0.05) is 23.6 Å². The molecule has 1 aliphatic rings. The second kappa shape index (κ2) is 9.01. The standard InChI is InChI=1S/C23H24N4O5/c1-31-16-5-3-15(4-6-16)27-22(29)20(26-23(27)30)12-21(28)24-10-9-14-13-25-19-8-7-17(32-2)11-18(14)19/h3-8,11,13,20,25H,9-10,12H2,1-2H3,(H,24,28)(H,26,30)/t20-/m1/s1. The predicted molar refractivity (Wildman–Crippen MR) is 119 cm³/mol. The third-order valence-corrected chi connectivity index (χ3v) is 5.43. The Morgan fingerprint density at radius 2 is 1.78 bits per heavy atom. The molecule has 3 aromatic rings. The Morgan fingerprint density at radius 1 is 1.06 bits per heavy atom. The molecule has 0 bridgehead atoms. The van der Waals surface area contributed by atoms with E-state index in [0.717, 1.165) is 27.1 Å². The highest BCUT2D eigenvalue weighted by Gasteiger charge is 2.40. The van der Waals surface area contributed by atoms with Crippen LogP contribution in [0.4, 0.5) is 10.5 Å². The van der Waals surface area contributed by atoms with E-state index in [1.165, 1.54) is 7.11 Å². The molecular weight excluding hydrogens is 412 g/mol. The number of methoxy groups -OCH3 is 2. The number of carbonyl (C=O) groups is 3. The number of aromatic amines is 1. The van der Waals surface area contributed by atoms with Crippen molar-refractivity contribution in [2.45, 2.75) is 18.9 Å². The van der Waals surface area contributed by atoms with Crippen molar-refractivity contribution in [3.05, 3.63) is 54.2 Å². The summed E-state index contributed by atoms with van der Waals surface area (Å²) in [7, 11) is 3.15. The van der Waals surface area contributed by atoms with Crippen molar-refractivity contribution < 1.29 is 23.9 Å². The summed E-state index contributed by atoms with van der Waals surface area (Å²) in [6, 6.07) is 10.9. The third kappa shape index (κ3) is 4.22. The van der Waals surface area contributed by atoms with Crippen LogP contribution in [0.25, 0.3) is 10.9 Å². The van der Waals surface area contributed by atoms with Gasteiger partial charge in [-0.2, -0.15) is 0 Å². The Balaban J connectivity index is 1.32. The van der Waals surface area contributed by atoms with Crippen LogP contribution in [0.3, 0.4) is 0 Å². The number of amides is 4. The zero-order chi connectivity index (χ0) is 22.7. The second-order valence-electron chi connectivity index (χ2n) is 7.40. The smallest absolute Gasteiger partial charge is 0.329 e. The number of rotatable bonds is 8. The summed E-state index contributed by atoms with van der Waals surface area (Å²) in [5.41, 5.74) is 2.46. The molecule has 0 aliphatic carbocycles. The molecule has 9 heteroatoms. The van der Waals surface area contributed by atoms with Gasteiger partial charge in [0.2, 0.25) is 5.91 Å². The van der Waals surface area contributed by atoms with E-state index in [0.29, 0.717) is 24.4 Å². The van der Waals surface area contributed by atoms with E-state index >= 15 is 0 Å². The molecule has 4 amide bonds. The first-order chi connectivity index (χ1) is 15.5. The third-order valence-electron chi connectivity index (χ3n) is 5.43. The van der Waals surface area contributed by atoms with Gasteiger partial charge in [-0.3, -0.25) is 9.59 Å². The van der Waals surface area contributed by atoms with E-state index in [4.69, 9.17) is 9.47 Å². The Hall–Kier alpha value is -4.01. The van der Waals surface area contributed by atoms with Gasteiger partial charge in [-0.05, 0) is 54.4 Å². The molecule has 0 radical (unpaired) electrons. The first-order valence-corrected chi connectivity index (χ1v) is 10.2. The maximum atomic E-state index is 12.7. The van der Waals surface area contributed by atoms with Gasteiger partial charge in [-0.25, -0.2) is 9.69 Å². The summed E-state index contributed by atoms with van der Waals surface area (Å²) in [5.74, 6) is 0.612. The van der Waals surface area contributed by atoms with E-state index in [1.807, 2.05) is 24.4 Å². The number of nitrogens with one attached hydrogen (secondary N) is 3. The van der Waals surface area contributed by atoms with Crippen LogP contribution < -0.4 is 25.0 Å². The zero-order valence-electron chi connectivity index (χ0n) is 17.8. The zero-order valence-corrected chi connectivity index (χ0v) is 17.8. The molecule has 1 fully saturated rings. The summed E-state index contributed by atoms with van der Waals surface area (Å²) in [4.78, 5) is 41.6. The van der Waals surface area contributed by atoms with Crippen LogP contribution in [0.2, 0.25) is 0 Å². The number of aromatic nitrogens is 1. The summed E-state index contributed by atoms with van der Waals surface area (Å²) in [6.07, 6.45) is 2.39. The predicted octanol–water partition coefficient (Wildman–Crippen LogP) is 2.36. The number of hydrogen-bond donors (Lipinski definition) is 3. The van der Waals surface area contributed by atoms with Crippen LogP contribution in [-0.4, -0.2) is 49.6 Å². The summed E-state index contributed by atoms with van der Waals surface area (Å²) in [6.45, 7) is 0.403. The van der Waals surface area contributed by atoms with Gasteiger partial charge < -0.3 is 25.1 Å². The number of anilines is 1. The molecule has 1 aliphatic heterocycles. The first-order valence-electron chi connectivity index (χ1n) is 10.2. The van der Waals surface area contributed by atoms with Crippen LogP contribution in [0.1, 0.15) is 12.0 Å². The molecular formula is C23H24N4O5. The largest absolute Gasteiger partial charge is 0.497 e. The van der Waals surface area contributed by atoms with Gasteiger partial charge in [-0.15, -0.1) is 0 Å². The normalized spacial score (nSPS) is 15.7. The molecule has 1 saturated heterocycles. The van der Waals surface area contributed by atoms with Crippen molar-refractivity contribution >= 4 is 34.4 Å². The quantitative estimate of drug-likeness (QED) is 0.469. The molecule has 9 nitrogen and oxygen atoms in total. The van der Waals surface area contributed by atoms with E-state index in [1.54, 1.807) is 31.4 Å². The number of ether oxygens (including phenoxy) is 2. The van der Waals surface area contributed by atoms with E-state index in [9.17, 15) is 14.4 Å². The highest BCUT2D eigenvalue weighted by molar-refractivity contribution is 6.22. The summed E-state index contributed by atoms with van der Waals surface area (Å²) < 4.78 is 10.4. The number of hydrogen-bond acceptors (Lipinski definition) is 5. The van der Waals surface area contributed by atoms with Gasteiger partial charge in [0.15, 0.2) is 0 Å². The monoisotopic (exact) mass is 436 g/mol. The van der Waals surface area contributed by atoms with Crippen molar-refractivity contribution in [3.8, 4) is 11.5 Å². The molecule has 166 valence electrons. The maximum absolute atomic E-state index is 12.7. The number of carbonyl (C=O) groups excluding carboxylic acids is 3. The van der Waals surface area contributed by atoms with Crippen LogP contribution >= 0.6 is 0 Å². The van der Waals surface area contributed by atoms with E-state index in [-0.39, 0.29) is 12.3 Å². The molecule has 0 unspecified atom stereocenters. The maximum Gasteiger partial charge on any atom is 0.329 e. The minimum atomic E-state index is -0.901. The lowest BCUT2D eigenvalue weighted by atomic mass is 10.1. The van der Waals surface area contributed by atoms with Gasteiger partial charge in [0.05, 0.1) is 26.3 Å². The minimum absolute atomic E-state index is 0.126. The molecule has 2 heterocycles. The average molecular weight is 436 g/mol. The van der Waals surface area contributed by atoms with Crippen molar-refractivity contribution in [2.75, 3.05) is 25.7 Å². The topological polar surface area (TPSA) is 113 Å². The lowest BCUT2D eigenvalue weighted by Gasteiger charge is -2.13. The van der Waals surface area contributed by atoms with Gasteiger partial charge in [-0.1, -0.05) is 0 Å². The molecule has 1 aromatic heterocycles. The van der Waals surface area contributed by atoms with Gasteiger partial charge in [0.1, 0.15) is 17.5 Å². The summed E-state index contributed by atoms with van der Waals surface area (Å²) in [5, 5.41) is 6.44. The fourth-order valence-electron chi connectivity index (χ4n) is 3.73. The number of nitrogens with zero attached hydrogens (tertiary/aromatic N) is 1. The van der Waals surface area contributed by atoms with Crippen molar-refractivity contribution in [2.24, 2.45) is 0 Å². The lowest BCUT2D eigenvalue weighted by molar-refractivity contribution is -0.125.